The first kappa shape index (κ1) is 14.8. The van der Waals surface area contributed by atoms with Crippen LogP contribution in [0.2, 0.25) is 0 Å². The highest BCUT2D eigenvalue weighted by Gasteiger charge is 2.30. The van der Waals surface area contributed by atoms with E-state index < -0.39 is 18.6 Å². The van der Waals surface area contributed by atoms with Gasteiger partial charge in [0.2, 0.25) is 5.95 Å². The number of fused-ring (bicyclic) bond motifs is 1. The van der Waals surface area contributed by atoms with Gasteiger partial charge in [-0.1, -0.05) is 0 Å². The zero-order chi connectivity index (χ0) is 14.9. The maximum absolute atomic E-state index is 12.4. The van der Waals surface area contributed by atoms with E-state index in [0.717, 1.165) is 15.1 Å². The van der Waals surface area contributed by atoms with Gasteiger partial charge in [-0.25, -0.2) is 4.98 Å². The fourth-order valence-corrected chi connectivity index (χ4v) is 2.77. The van der Waals surface area contributed by atoms with Crippen LogP contribution in [0.15, 0.2) is 6.07 Å². The molecule has 0 aliphatic heterocycles. The third kappa shape index (κ3) is 3.50. The van der Waals surface area contributed by atoms with Crippen LogP contribution >= 0.6 is 11.3 Å². The number of nitrogens with zero attached hydrogens (tertiary/aromatic N) is 2. The van der Waals surface area contributed by atoms with Crippen molar-refractivity contribution in [1.82, 2.24) is 9.97 Å². The number of halogens is 3. The minimum absolute atomic E-state index is 0.390. The van der Waals surface area contributed by atoms with Crippen molar-refractivity contribution in [2.45, 2.75) is 32.5 Å². The van der Waals surface area contributed by atoms with Crippen LogP contribution in [0.25, 0.3) is 10.2 Å². The highest BCUT2D eigenvalue weighted by atomic mass is 32.1. The molecule has 0 fully saturated rings. The van der Waals surface area contributed by atoms with Crippen LogP contribution in [-0.2, 0) is 0 Å². The summed E-state index contributed by atoms with van der Waals surface area (Å²) < 4.78 is 37.2. The second-order valence-electron chi connectivity index (χ2n) is 4.59. The number of aryl methyl sites for hydroxylation is 1. The third-order valence-electron chi connectivity index (χ3n) is 2.66. The van der Waals surface area contributed by atoms with E-state index in [1.165, 1.54) is 18.3 Å². The Morgan fingerprint density at radius 2 is 2.05 bits per heavy atom. The molecular weight excluding hydrogens is 289 g/mol. The molecule has 8 heteroatoms. The molecule has 0 radical (unpaired) electrons. The van der Waals surface area contributed by atoms with Crippen molar-refractivity contribution < 1.29 is 13.2 Å². The largest absolute Gasteiger partial charge is 0.391 e. The number of thiophene rings is 1. The van der Waals surface area contributed by atoms with E-state index >= 15 is 0 Å². The molecule has 0 aliphatic carbocycles. The lowest BCUT2D eigenvalue weighted by Crippen LogP contribution is -2.24. The van der Waals surface area contributed by atoms with Crippen molar-refractivity contribution in [1.29, 1.82) is 0 Å². The highest BCUT2D eigenvalue weighted by molar-refractivity contribution is 7.18. The van der Waals surface area contributed by atoms with Gasteiger partial charge in [-0.15, -0.1) is 11.3 Å². The van der Waals surface area contributed by atoms with Gasteiger partial charge in [0.05, 0.1) is 11.8 Å². The summed E-state index contributed by atoms with van der Waals surface area (Å²) in [5, 5.41) is 6.39. The van der Waals surface area contributed by atoms with Gasteiger partial charge in [0.25, 0.3) is 0 Å². The summed E-state index contributed by atoms with van der Waals surface area (Å²) in [5.74, 6) is 0.821. The summed E-state index contributed by atoms with van der Waals surface area (Å²) in [6.45, 7) is 3.41. The maximum Gasteiger partial charge on any atom is 0.391 e. The van der Waals surface area contributed by atoms with E-state index in [1.807, 2.05) is 13.0 Å². The van der Waals surface area contributed by atoms with Crippen molar-refractivity contribution in [3.63, 3.8) is 0 Å². The van der Waals surface area contributed by atoms with Gasteiger partial charge < -0.3 is 10.6 Å². The average Bonchev–Trinajstić information content (AvgIpc) is 2.66. The highest BCUT2D eigenvalue weighted by Crippen LogP contribution is 2.31. The second kappa shape index (κ2) is 5.43. The number of hydrogen-bond acceptors (Lipinski definition) is 5. The minimum atomic E-state index is -4.20. The molecule has 0 amide bonds. The Morgan fingerprint density at radius 1 is 1.35 bits per heavy atom. The van der Waals surface area contributed by atoms with E-state index in [2.05, 4.69) is 20.6 Å². The van der Waals surface area contributed by atoms with E-state index in [0.29, 0.717) is 11.8 Å². The second-order valence-corrected chi connectivity index (χ2v) is 5.82. The van der Waals surface area contributed by atoms with Crippen molar-refractivity contribution in [3.8, 4) is 0 Å². The van der Waals surface area contributed by atoms with E-state index in [9.17, 15) is 13.2 Å². The number of nitrogens with one attached hydrogen (secondary N) is 2. The molecule has 2 aromatic heterocycles. The summed E-state index contributed by atoms with van der Waals surface area (Å²) >= 11 is 1.48. The van der Waals surface area contributed by atoms with Crippen molar-refractivity contribution in [2.24, 2.45) is 0 Å². The first-order valence-electron chi connectivity index (χ1n) is 6.07. The molecule has 0 aromatic carbocycles. The Bertz CT molecular complexity index is 609. The predicted molar refractivity (Wildman–Crippen MR) is 75.5 cm³/mol. The van der Waals surface area contributed by atoms with Crippen LogP contribution < -0.4 is 10.6 Å². The zero-order valence-electron chi connectivity index (χ0n) is 11.3. The predicted octanol–water partition coefficient (Wildman–Crippen LogP) is 3.79. The lowest BCUT2D eigenvalue weighted by atomic mass is 10.2. The van der Waals surface area contributed by atoms with Crippen molar-refractivity contribution >= 4 is 33.3 Å². The maximum atomic E-state index is 12.4. The molecule has 1 atom stereocenters. The molecule has 2 N–H and O–H groups in total. The molecule has 20 heavy (non-hydrogen) atoms. The van der Waals surface area contributed by atoms with Gasteiger partial charge in [0, 0.05) is 18.0 Å². The summed E-state index contributed by atoms with van der Waals surface area (Å²) in [6.07, 6.45) is -5.11. The van der Waals surface area contributed by atoms with Gasteiger partial charge in [0.1, 0.15) is 10.6 Å². The number of alkyl halides is 3. The molecule has 1 unspecified atom stereocenters. The Balaban J connectivity index is 2.32. The number of hydrogen-bond donors (Lipinski definition) is 2. The number of rotatable bonds is 4. The summed E-state index contributed by atoms with van der Waals surface area (Å²) in [7, 11) is 1.67. The Labute approximate surface area is 118 Å². The van der Waals surface area contributed by atoms with Gasteiger partial charge >= 0.3 is 6.18 Å². The summed E-state index contributed by atoms with van der Waals surface area (Å²) in [4.78, 5) is 10.3. The molecule has 2 rings (SSSR count). The van der Waals surface area contributed by atoms with Crippen LogP contribution in [0.1, 0.15) is 18.2 Å². The molecule has 0 saturated heterocycles. The van der Waals surface area contributed by atoms with Gasteiger partial charge in [-0.05, 0) is 19.9 Å². The smallest absolute Gasteiger partial charge is 0.367 e. The molecule has 0 aliphatic rings. The van der Waals surface area contributed by atoms with Gasteiger partial charge in [0.15, 0.2) is 0 Å². The average molecular weight is 304 g/mol. The summed E-state index contributed by atoms with van der Waals surface area (Å²) in [5.41, 5.74) is 0. The van der Waals surface area contributed by atoms with Crippen molar-refractivity contribution in [3.05, 3.63) is 10.9 Å². The number of aromatic nitrogens is 2. The minimum Gasteiger partial charge on any atom is -0.367 e. The fraction of sp³-hybridized carbons (Fsp3) is 0.500. The monoisotopic (exact) mass is 304 g/mol. The molecule has 0 spiro atoms. The Hall–Kier alpha value is -1.57. The summed E-state index contributed by atoms with van der Waals surface area (Å²) in [6, 6.07) is 1.13. The lowest BCUT2D eigenvalue weighted by Gasteiger charge is -2.17. The first-order chi connectivity index (χ1) is 9.28. The topological polar surface area (TPSA) is 49.8 Å². The molecule has 110 valence electrons. The van der Waals surface area contributed by atoms with Crippen LogP contribution in [0.4, 0.5) is 24.9 Å². The van der Waals surface area contributed by atoms with Crippen LogP contribution in [-0.4, -0.2) is 29.2 Å². The zero-order valence-corrected chi connectivity index (χ0v) is 12.1. The molecule has 2 heterocycles. The quantitative estimate of drug-likeness (QED) is 0.902. The number of anilines is 2. The lowest BCUT2D eigenvalue weighted by molar-refractivity contribution is -0.136. The SMILES string of the molecule is CNc1nc(NC(C)CC(F)(F)F)c2cc(C)sc2n1. The van der Waals surface area contributed by atoms with E-state index in [4.69, 9.17) is 0 Å². The standard InChI is InChI=1S/C12H15F3N4S/c1-6(5-12(13,14)15)17-9-8-4-7(2)20-10(8)19-11(16-3)18-9/h4,6H,5H2,1-3H3,(H2,16,17,18,19). The normalized spacial score (nSPS) is 13.5. The van der Waals surface area contributed by atoms with E-state index in [1.54, 1.807) is 7.05 Å². The molecule has 0 bridgehead atoms. The molecular formula is C12H15F3N4S. The Morgan fingerprint density at radius 3 is 2.65 bits per heavy atom. The fourth-order valence-electron chi connectivity index (χ4n) is 1.90. The molecule has 0 saturated carbocycles. The van der Waals surface area contributed by atoms with Crippen LogP contribution in [0, 0.1) is 6.92 Å². The van der Waals surface area contributed by atoms with Crippen LogP contribution in [0.5, 0.6) is 0 Å². The molecule has 2 aromatic rings. The molecule has 4 nitrogen and oxygen atoms in total. The van der Waals surface area contributed by atoms with Crippen molar-refractivity contribution in [2.75, 3.05) is 17.7 Å². The Kier molecular flexibility index (Phi) is 4.03. The van der Waals surface area contributed by atoms with Crippen LogP contribution in [0.3, 0.4) is 0 Å². The first-order valence-corrected chi connectivity index (χ1v) is 6.89. The third-order valence-corrected chi connectivity index (χ3v) is 3.60. The van der Waals surface area contributed by atoms with E-state index in [-0.39, 0.29) is 0 Å². The van der Waals surface area contributed by atoms with Gasteiger partial charge in [-0.3, -0.25) is 0 Å². The van der Waals surface area contributed by atoms with Gasteiger partial charge in [-0.2, -0.15) is 18.2 Å².